The van der Waals surface area contributed by atoms with Gasteiger partial charge in [0.25, 0.3) is 10.2 Å². The number of aliphatic carboxylic acids is 1. The molecule has 0 aromatic heterocycles. The number of esters is 2. The van der Waals surface area contributed by atoms with Crippen LogP contribution >= 0.6 is 0 Å². The minimum absolute atomic E-state index is 0.0181. The average molecular weight is 1700 g/mol. The fraction of sp³-hybridized carbons (Fsp3) is 0.348. The number of hydrogen-bond donors (Lipinski definition) is 14. The maximum Gasteiger partial charge on any atom is 0.446 e. The van der Waals surface area contributed by atoms with Gasteiger partial charge in [0, 0.05) is 25.8 Å². The van der Waals surface area contributed by atoms with Crippen LogP contribution in [0, 0.1) is 5.92 Å². The molecule has 15 N–H and O–H groups in total. The van der Waals surface area contributed by atoms with Crippen molar-refractivity contribution in [2.75, 3.05) is 19.0 Å². The highest BCUT2D eigenvalue weighted by Crippen LogP contribution is 2.29. The number of benzene rings is 5. The van der Waals surface area contributed by atoms with Gasteiger partial charge in [-0.15, -0.1) is 0 Å². The van der Waals surface area contributed by atoms with Crippen LogP contribution in [0.15, 0.2) is 127 Å². The van der Waals surface area contributed by atoms with Crippen molar-refractivity contribution in [2.45, 2.75) is 125 Å². The van der Waals surface area contributed by atoms with Gasteiger partial charge in [-0.05, 0) is 102 Å². The van der Waals surface area contributed by atoms with E-state index in [9.17, 15) is 123 Å². The van der Waals surface area contributed by atoms with Gasteiger partial charge in [0.15, 0.2) is 0 Å². The van der Waals surface area contributed by atoms with E-state index in [0.29, 0.717) is 12.0 Å². The van der Waals surface area contributed by atoms with E-state index < -0.39 is 248 Å². The number of carboxylic acid groups (broad SMARTS) is 1. The number of rotatable bonds is 38. The van der Waals surface area contributed by atoms with E-state index in [2.05, 4.69) is 39.7 Å². The van der Waals surface area contributed by atoms with Gasteiger partial charge < -0.3 is 75.5 Å². The number of carboxylic acids is 1. The number of nitrogens with one attached hydrogen (secondary N) is 7. The molecule has 8 amide bonds. The lowest BCUT2D eigenvalue weighted by Crippen LogP contribution is -2.60. The summed E-state index contributed by atoms with van der Waals surface area (Å²) in [5.74, 6) is -17.9. The first-order valence-corrected chi connectivity index (χ1v) is 40.3. The lowest BCUT2D eigenvalue weighted by atomic mass is 10.0. The summed E-state index contributed by atoms with van der Waals surface area (Å²) in [6, 6.07) is 10.3. The number of hydrogen-bond acceptors (Lipinski definition) is 29. The maximum atomic E-state index is 14.4. The predicted molar refractivity (Wildman–Crippen MR) is 387 cm³/mol. The van der Waals surface area contributed by atoms with E-state index in [-0.39, 0.29) is 41.8 Å². The standard InChI is InChI=1S/C66H75N9O34S5/c1-35(2)28-45(56(79)72-49(34-54(77)111(93,94)95)60(83)71-46(31-38-17-23-41(24-18-38)108-113(99,100)101)58(81)74-50(63(86)87)32-39-19-25-42(26-20-39)109-114(102,103)104)70-59(82)48(33-53(76)110(90,91)92)69-55(78)43(67)29-37-15-21-40(22-16-37)106-65(89)66(112(96,97)98)107-52-14-8-7-12-44(52)68-57(80)47(30-36-10-5-4-6-11-36)73-61(84)51-13-9-27-75(51)62(85)64(88)105-3/h4-8,10-12,14-26,35,43,45-51,66H,9,13,27-34,67H2,1-3H3,(H,68,80)(H,69,78)(H,70,82)(H,71,83)(H,72,79)(H,73,84)(H,74,81)(H,86,87)(H,90,91,92)(H,93,94,95)(H,96,97,98)(H,99,100,101)(H,102,103,104)/t43-,45-,46-,47-,48-,49-,50-,51-,66?/m0/s1. The Labute approximate surface area is 649 Å². The maximum absolute atomic E-state index is 14.4. The number of methoxy groups -OCH3 is 1. The first-order valence-electron chi connectivity index (χ1n) is 33.2. The molecule has 1 fully saturated rings. The van der Waals surface area contributed by atoms with Gasteiger partial charge in [-0.1, -0.05) is 92.7 Å². The van der Waals surface area contributed by atoms with Gasteiger partial charge in [-0.2, -0.15) is 42.1 Å². The number of para-hydroxylation sites is 2. The molecule has 618 valence electrons. The first kappa shape index (κ1) is 91.4. The second-order valence-electron chi connectivity index (χ2n) is 25.3. The molecule has 1 saturated heterocycles. The summed E-state index contributed by atoms with van der Waals surface area (Å²) in [5.41, 5.74) is 3.61. The van der Waals surface area contributed by atoms with Crippen molar-refractivity contribution in [1.82, 2.24) is 36.8 Å². The van der Waals surface area contributed by atoms with Crippen LogP contribution in [0.2, 0.25) is 0 Å². The molecule has 1 unspecified atom stereocenters. The van der Waals surface area contributed by atoms with Crippen molar-refractivity contribution in [3.63, 3.8) is 0 Å². The molecule has 5 aromatic rings. The van der Waals surface area contributed by atoms with Gasteiger partial charge >= 0.3 is 80.4 Å². The van der Waals surface area contributed by atoms with E-state index in [1.54, 1.807) is 30.3 Å². The van der Waals surface area contributed by atoms with E-state index in [1.807, 2.05) is 10.6 Å². The Morgan fingerprint density at radius 3 is 1.38 bits per heavy atom. The molecule has 114 heavy (non-hydrogen) atoms. The van der Waals surface area contributed by atoms with Crippen molar-refractivity contribution in [3.05, 3.63) is 150 Å². The molecule has 43 nitrogen and oxygen atoms in total. The van der Waals surface area contributed by atoms with Crippen molar-refractivity contribution in [2.24, 2.45) is 11.7 Å². The molecule has 0 saturated carbocycles. The number of carbonyl (C=O) groups excluding carboxylic acids is 12. The lowest BCUT2D eigenvalue weighted by molar-refractivity contribution is -0.159. The van der Waals surface area contributed by atoms with E-state index in [4.69, 9.17) is 24.3 Å². The number of ether oxygens (including phenoxy) is 3. The van der Waals surface area contributed by atoms with E-state index in [1.165, 1.54) is 32.0 Å². The molecular weight excluding hydrogens is 1620 g/mol. The summed E-state index contributed by atoms with van der Waals surface area (Å²) in [5, 5.41) is 21.2. The number of carbonyl (C=O) groups is 13. The van der Waals surface area contributed by atoms with Crippen LogP contribution in [0.25, 0.3) is 0 Å². The fourth-order valence-electron chi connectivity index (χ4n) is 10.8. The number of nitrogens with two attached hydrogens (primary N) is 1. The summed E-state index contributed by atoms with van der Waals surface area (Å²) >= 11 is 0. The number of anilines is 1. The highest BCUT2D eigenvalue weighted by Gasteiger charge is 2.42. The Kier molecular flexibility index (Phi) is 31.9. The molecule has 0 bridgehead atoms. The van der Waals surface area contributed by atoms with Gasteiger partial charge in [0.05, 0.1) is 31.7 Å². The monoisotopic (exact) mass is 1700 g/mol. The minimum atomic E-state index is -5.75. The highest BCUT2D eigenvalue weighted by atomic mass is 32.3. The molecule has 6 rings (SSSR count). The predicted octanol–water partition coefficient (Wildman–Crippen LogP) is -2.40. The number of likely N-dealkylation sites (tertiary alicyclic amines) is 1. The van der Waals surface area contributed by atoms with Crippen LogP contribution in [-0.4, -0.2) is 218 Å². The third-order valence-electron chi connectivity index (χ3n) is 16.2. The molecule has 9 atom stereocenters. The normalized spacial score (nSPS) is 15.2. The zero-order valence-electron chi connectivity index (χ0n) is 59.6. The van der Waals surface area contributed by atoms with Crippen molar-refractivity contribution < 1.29 is 155 Å². The number of nitrogens with zero attached hydrogens (tertiary/aromatic N) is 1. The third-order valence-corrected chi connectivity index (χ3v) is 19.3. The van der Waals surface area contributed by atoms with Gasteiger partial charge in [0.1, 0.15) is 65.3 Å². The van der Waals surface area contributed by atoms with Crippen LogP contribution in [0.4, 0.5) is 5.69 Å². The molecule has 1 aliphatic heterocycles. The second-order valence-corrected chi connectivity index (χ2v) is 31.6. The van der Waals surface area contributed by atoms with Gasteiger partial charge in [-0.3, -0.25) is 70.7 Å². The Bertz CT molecular complexity index is 5040. The zero-order valence-corrected chi connectivity index (χ0v) is 63.7. The van der Waals surface area contributed by atoms with Crippen LogP contribution < -0.4 is 60.8 Å². The SMILES string of the molecule is COC(=O)C(=O)N1CCC[C@H]1C(=O)N[C@@H](Cc1ccccc1)C(=O)Nc1ccccc1OC(C(=O)Oc1ccc(C[C@H](N)C(=O)N[C@@H](CC(=O)S(=O)(=O)O)C(=O)N[C@@H](CC(C)C)C(=O)N[C@@H](CC(=O)S(=O)(=O)O)C(=O)N[C@@H](Cc2ccc(OS(=O)(=O)O)cc2)C(=O)N[C@@H](Cc2ccc(OS(=O)(=O)O)cc2)C(=O)O)cc1)S(=O)(=O)O. The van der Waals surface area contributed by atoms with E-state index >= 15 is 0 Å². The lowest BCUT2D eigenvalue weighted by Gasteiger charge is -2.27. The van der Waals surface area contributed by atoms with Gasteiger partial charge in [0.2, 0.25) is 41.4 Å². The molecule has 48 heteroatoms. The van der Waals surface area contributed by atoms with Crippen LogP contribution in [0.5, 0.6) is 23.0 Å². The van der Waals surface area contributed by atoms with Crippen LogP contribution in [0.1, 0.15) is 68.2 Å². The smallest absolute Gasteiger partial charge is 0.446 e. The van der Waals surface area contributed by atoms with Crippen LogP contribution in [0.3, 0.4) is 0 Å². The third kappa shape index (κ3) is 28.9. The second kappa shape index (κ2) is 39.8. The molecule has 0 aliphatic carbocycles. The summed E-state index contributed by atoms with van der Waals surface area (Å²) in [7, 11) is -26.1. The first-order chi connectivity index (χ1) is 53.1. The van der Waals surface area contributed by atoms with Crippen molar-refractivity contribution in [3.8, 4) is 23.0 Å². The summed E-state index contributed by atoms with van der Waals surface area (Å²) < 4.78 is 191. The Balaban J connectivity index is 1.18. The Morgan fingerprint density at radius 1 is 0.491 bits per heavy atom. The quantitative estimate of drug-likeness (QED) is 0.00847. The Morgan fingerprint density at radius 2 is 0.904 bits per heavy atom. The topological polar surface area (TPSA) is 674 Å². The van der Waals surface area contributed by atoms with Crippen molar-refractivity contribution >= 4 is 132 Å². The fourth-order valence-corrected chi connectivity index (χ4v) is 12.8. The molecule has 1 aliphatic rings. The Hall–Kier alpha value is -11.5. The molecule has 0 radical (unpaired) electrons. The molecule has 0 spiro atoms. The summed E-state index contributed by atoms with van der Waals surface area (Å²) in [6.45, 7) is 2.88. The van der Waals surface area contributed by atoms with Gasteiger partial charge in [-0.25, -0.2) is 14.4 Å². The summed E-state index contributed by atoms with van der Waals surface area (Å²) in [6.07, 6.45) is -5.47. The average Bonchev–Trinajstić information content (AvgIpc) is 1.06. The number of amides is 8. The molecular formula is C66H75N9O34S5. The van der Waals surface area contributed by atoms with Crippen molar-refractivity contribution in [1.29, 1.82) is 0 Å². The van der Waals surface area contributed by atoms with Crippen LogP contribution in [-0.2, 0) is 144 Å². The molecule has 1 heterocycles. The highest BCUT2D eigenvalue weighted by molar-refractivity contribution is 8.01. The minimum Gasteiger partial charge on any atom is -0.480 e. The largest absolute Gasteiger partial charge is 0.480 e. The summed E-state index contributed by atoms with van der Waals surface area (Å²) in [4.78, 5) is 176. The zero-order chi connectivity index (χ0) is 85.0. The molecule has 5 aromatic carbocycles. The van der Waals surface area contributed by atoms with E-state index in [0.717, 1.165) is 90.9 Å².